The summed E-state index contributed by atoms with van der Waals surface area (Å²) in [5.41, 5.74) is 2.62. The molecule has 1 aromatic heterocycles. The van der Waals surface area contributed by atoms with E-state index in [2.05, 4.69) is 11.1 Å². The number of aryl methyl sites for hydroxylation is 1. The first-order valence-electron chi connectivity index (χ1n) is 5.56. The Morgan fingerprint density at radius 1 is 1.47 bits per heavy atom. The molecular formula is C13H12N2O2. The molecule has 4 nitrogen and oxygen atoms in total. The van der Waals surface area contributed by atoms with E-state index in [0.717, 1.165) is 16.7 Å². The summed E-state index contributed by atoms with van der Waals surface area (Å²) in [5, 5.41) is 8.91. The summed E-state index contributed by atoms with van der Waals surface area (Å²) in [6.07, 6.45) is 0.481. The zero-order valence-corrected chi connectivity index (χ0v) is 9.56. The molecule has 0 amide bonds. The van der Waals surface area contributed by atoms with Gasteiger partial charge in [-0.15, -0.1) is 0 Å². The van der Waals surface area contributed by atoms with E-state index in [9.17, 15) is 0 Å². The van der Waals surface area contributed by atoms with Crippen molar-refractivity contribution in [2.75, 3.05) is 13.2 Å². The molecule has 1 aromatic carbocycles. The Bertz CT molecular complexity index is 605. The molecule has 0 N–H and O–H groups in total. The third kappa shape index (κ3) is 1.51. The second kappa shape index (κ2) is 3.57. The van der Waals surface area contributed by atoms with E-state index in [1.807, 2.05) is 25.1 Å². The summed E-state index contributed by atoms with van der Waals surface area (Å²) in [4.78, 5) is 4.32. The number of hydrogen-bond acceptors (Lipinski definition) is 4. The summed E-state index contributed by atoms with van der Waals surface area (Å²) >= 11 is 0. The van der Waals surface area contributed by atoms with Crippen LogP contribution in [-0.4, -0.2) is 18.2 Å². The van der Waals surface area contributed by atoms with Gasteiger partial charge in [0.25, 0.3) is 0 Å². The molecule has 1 aliphatic heterocycles. The molecule has 86 valence electrons. The van der Waals surface area contributed by atoms with Gasteiger partial charge in [0, 0.05) is 13.3 Å². The van der Waals surface area contributed by atoms with Crippen molar-refractivity contribution in [3.05, 3.63) is 29.7 Å². The van der Waals surface area contributed by atoms with Gasteiger partial charge in [0.2, 0.25) is 0 Å². The summed E-state index contributed by atoms with van der Waals surface area (Å²) in [6.45, 7) is 3.06. The second-order valence-corrected chi connectivity index (χ2v) is 4.52. The Balaban J connectivity index is 2.08. The second-order valence-electron chi connectivity index (χ2n) is 4.52. The van der Waals surface area contributed by atoms with Gasteiger partial charge >= 0.3 is 0 Å². The summed E-state index contributed by atoms with van der Waals surface area (Å²) in [7, 11) is 0. The fourth-order valence-corrected chi connectivity index (χ4v) is 2.24. The van der Waals surface area contributed by atoms with Crippen LogP contribution in [0.3, 0.4) is 0 Å². The van der Waals surface area contributed by atoms with Crippen LogP contribution in [-0.2, 0) is 10.2 Å². The molecule has 17 heavy (non-hydrogen) atoms. The van der Waals surface area contributed by atoms with Crippen molar-refractivity contribution >= 4 is 11.1 Å². The Hall–Kier alpha value is -1.86. The van der Waals surface area contributed by atoms with Crippen LogP contribution in [0.2, 0.25) is 0 Å². The summed E-state index contributed by atoms with van der Waals surface area (Å²) in [5.74, 6) is 0.663. The van der Waals surface area contributed by atoms with Crippen molar-refractivity contribution in [1.82, 2.24) is 4.98 Å². The number of ether oxygens (including phenoxy) is 1. The maximum absolute atomic E-state index is 8.91. The van der Waals surface area contributed by atoms with Crippen molar-refractivity contribution < 1.29 is 9.15 Å². The van der Waals surface area contributed by atoms with Gasteiger partial charge in [0.05, 0.1) is 24.7 Å². The van der Waals surface area contributed by atoms with Gasteiger partial charge in [0.15, 0.2) is 11.5 Å². The molecular weight excluding hydrogens is 216 g/mol. The topological polar surface area (TPSA) is 59.0 Å². The molecule has 1 saturated heterocycles. The molecule has 0 bridgehead atoms. The van der Waals surface area contributed by atoms with E-state index in [1.165, 1.54) is 0 Å². The average molecular weight is 228 g/mol. The lowest BCUT2D eigenvalue weighted by atomic mass is 9.76. The zero-order valence-electron chi connectivity index (χ0n) is 9.56. The van der Waals surface area contributed by atoms with Gasteiger partial charge in [-0.1, -0.05) is 6.07 Å². The van der Waals surface area contributed by atoms with E-state index in [4.69, 9.17) is 14.4 Å². The Morgan fingerprint density at radius 2 is 2.29 bits per heavy atom. The molecule has 0 saturated carbocycles. The number of rotatable bonds is 2. The molecule has 0 unspecified atom stereocenters. The minimum Gasteiger partial charge on any atom is -0.441 e. The van der Waals surface area contributed by atoms with Crippen LogP contribution in [0.25, 0.3) is 11.1 Å². The predicted octanol–water partition coefficient (Wildman–Crippen LogP) is 2.32. The SMILES string of the molecule is Cc1nc2cc(C3(CC#N)COC3)ccc2o1. The van der Waals surface area contributed by atoms with Gasteiger partial charge in [-0.05, 0) is 17.7 Å². The van der Waals surface area contributed by atoms with Crippen LogP contribution in [0.15, 0.2) is 22.6 Å². The van der Waals surface area contributed by atoms with Gasteiger partial charge in [-0.25, -0.2) is 4.98 Å². The summed E-state index contributed by atoms with van der Waals surface area (Å²) < 4.78 is 10.7. The van der Waals surface area contributed by atoms with Crippen molar-refractivity contribution in [1.29, 1.82) is 5.26 Å². The van der Waals surface area contributed by atoms with Crippen molar-refractivity contribution in [2.24, 2.45) is 0 Å². The van der Waals surface area contributed by atoms with Gasteiger partial charge in [0.1, 0.15) is 5.52 Å². The minimum atomic E-state index is -0.143. The Kier molecular flexibility index (Phi) is 2.17. The molecule has 3 rings (SSSR count). The van der Waals surface area contributed by atoms with Crippen molar-refractivity contribution in [3.8, 4) is 6.07 Å². The highest BCUT2D eigenvalue weighted by molar-refractivity contribution is 5.74. The minimum absolute atomic E-state index is 0.143. The number of nitrogens with zero attached hydrogens (tertiary/aromatic N) is 2. The highest BCUT2D eigenvalue weighted by Gasteiger charge is 2.40. The third-order valence-electron chi connectivity index (χ3n) is 3.28. The van der Waals surface area contributed by atoms with Crippen molar-refractivity contribution in [2.45, 2.75) is 18.8 Å². The van der Waals surface area contributed by atoms with Crippen LogP contribution in [0, 0.1) is 18.3 Å². The number of oxazole rings is 1. The Morgan fingerprint density at radius 3 is 2.94 bits per heavy atom. The maximum Gasteiger partial charge on any atom is 0.192 e. The molecule has 4 heteroatoms. The number of aromatic nitrogens is 1. The highest BCUT2D eigenvalue weighted by atomic mass is 16.5. The van der Waals surface area contributed by atoms with Crippen LogP contribution in [0.1, 0.15) is 17.9 Å². The normalized spacial score (nSPS) is 17.6. The largest absolute Gasteiger partial charge is 0.441 e. The number of nitriles is 1. The lowest BCUT2D eigenvalue weighted by Gasteiger charge is -2.40. The third-order valence-corrected chi connectivity index (χ3v) is 3.28. The highest BCUT2D eigenvalue weighted by Crippen LogP contribution is 2.36. The van der Waals surface area contributed by atoms with E-state index in [-0.39, 0.29) is 5.41 Å². The zero-order chi connectivity index (χ0) is 11.9. The standard InChI is InChI=1S/C13H12N2O2/c1-9-15-11-6-10(2-3-12(11)17-9)13(4-5-14)7-16-8-13/h2-3,6H,4,7-8H2,1H3. The molecule has 1 fully saturated rings. The first-order valence-corrected chi connectivity index (χ1v) is 5.56. The van der Waals surface area contributed by atoms with E-state index >= 15 is 0 Å². The molecule has 2 aromatic rings. The predicted molar refractivity (Wildman–Crippen MR) is 61.5 cm³/mol. The number of hydrogen-bond donors (Lipinski definition) is 0. The lowest BCUT2D eigenvalue weighted by molar-refractivity contribution is -0.0576. The monoisotopic (exact) mass is 228 g/mol. The van der Waals surface area contributed by atoms with Crippen LogP contribution in [0.5, 0.6) is 0 Å². The first-order chi connectivity index (χ1) is 8.23. The number of benzene rings is 1. The lowest BCUT2D eigenvalue weighted by Crippen LogP contribution is -2.46. The fourth-order valence-electron chi connectivity index (χ4n) is 2.24. The fraction of sp³-hybridized carbons (Fsp3) is 0.385. The number of fused-ring (bicyclic) bond motifs is 1. The summed E-state index contributed by atoms with van der Waals surface area (Å²) in [6, 6.07) is 8.17. The first kappa shape index (κ1) is 10.3. The molecule has 0 aliphatic carbocycles. The van der Waals surface area contributed by atoms with Gasteiger partial charge in [-0.2, -0.15) is 5.26 Å². The maximum atomic E-state index is 8.91. The molecule has 1 aliphatic rings. The molecule has 0 atom stereocenters. The molecule has 0 spiro atoms. The molecule has 0 radical (unpaired) electrons. The van der Waals surface area contributed by atoms with Crippen LogP contribution >= 0.6 is 0 Å². The van der Waals surface area contributed by atoms with E-state index < -0.39 is 0 Å². The molecule has 2 heterocycles. The van der Waals surface area contributed by atoms with E-state index in [0.29, 0.717) is 25.5 Å². The van der Waals surface area contributed by atoms with Crippen molar-refractivity contribution in [3.63, 3.8) is 0 Å². The van der Waals surface area contributed by atoms with Gasteiger partial charge < -0.3 is 9.15 Å². The Labute approximate surface area is 98.8 Å². The van der Waals surface area contributed by atoms with E-state index in [1.54, 1.807) is 0 Å². The quantitative estimate of drug-likeness (QED) is 0.791. The average Bonchev–Trinajstić information content (AvgIpc) is 2.62. The van der Waals surface area contributed by atoms with Crippen LogP contribution < -0.4 is 0 Å². The van der Waals surface area contributed by atoms with Crippen LogP contribution in [0.4, 0.5) is 0 Å². The smallest absolute Gasteiger partial charge is 0.192 e. The van der Waals surface area contributed by atoms with Gasteiger partial charge in [-0.3, -0.25) is 0 Å².